The van der Waals surface area contributed by atoms with Crippen LogP contribution in [0, 0.1) is 12.7 Å². The van der Waals surface area contributed by atoms with Gasteiger partial charge in [0.1, 0.15) is 11.5 Å². The van der Waals surface area contributed by atoms with Crippen molar-refractivity contribution in [3.05, 3.63) is 59.4 Å². The summed E-state index contributed by atoms with van der Waals surface area (Å²) in [6.07, 6.45) is 3.81. The number of carbonyl (C=O) groups excluding carboxylic acids is 2. The molecule has 1 aromatic heterocycles. The number of ether oxygens (including phenoxy) is 1. The first kappa shape index (κ1) is 21.4. The van der Waals surface area contributed by atoms with Gasteiger partial charge in [-0.1, -0.05) is 12.1 Å². The van der Waals surface area contributed by atoms with E-state index in [9.17, 15) is 14.0 Å². The van der Waals surface area contributed by atoms with Crippen LogP contribution in [0.1, 0.15) is 34.6 Å². The van der Waals surface area contributed by atoms with Crippen molar-refractivity contribution in [1.29, 1.82) is 0 Å². The van der Waals surface area contributed by atoms with Gasteiger partial charge in [0.15, 0.2) is 0 Å². The van der Waals surface area contributed by atoms with Crippen LogP contribution in [0.2, 0.25) is 0 Å². The number of methoxy groups -OCH3 is 1. The Morgan fingerprint density at radius 2 is 1.93 bits per heavy atom. The molecule has 0 spiro atoms. The van der Waals surface area contributed by atoms with E-state index in [0.717, 1.165) is 12.0 Å². The van der Waals surface area contributed by atoms with E-state index >= 15 is 0 Å². The number of amides is 2. The maximum Gasteiger partial charge on any atom is 0.274 e. The summed E-state index contributed by atoms with van der Waals surface area (Å²) in [7, 11) is 1.61. The molecule has 1 N–H and O–H groups in total. The highest BCUT2D eigenvalue weighted by Gasteiger charge is 2.19. The minimum absolute atomic E-state index is 0.150. The fourth-order valence-electron chi connectivity index (χ4n) is 2.50. The van der Waals surface area contributed by atoms with Gasteiger partial charge in [-0.15, -0.1) is 0 Å². The summed E-state index contributed by atoms with van der Waals surface area (Å²) >= 11 is 0. The highest BCUT2D eigenvalue weighted by atomic mass is 19.1. The molecule has 150 valence electrons. The molecule has 2 aromatic rings. The first-order valence-corrected chi connectivity index (χ1v) is 9.07. The molecule has 1 aromatic carbocycles. The maximum absolute atomic E-state index is 13.2. The Labute approximate surface area is 163 Å². The number of nitrogens with zero attached hydrogens (tertiary/aromatic N) is 3. The number of hydrogen-bond donors (Lipinski definition) is 1. The maximum atomic E-state index is 13.2. The fraction of sp³-hybridized carbons (Fsp3) is 0.400. The minimum Gasteiger partial charge on any atom is -0.385 e. The molecule has 0 saturated heterocycles. The van der Waals surface area contributed by atoms with Crippen LogP contribution in [0.3, 0.4) is 0 Å². The molecule has 0 saturated carbocycles. The van der Waals surface area contributed by atoms with E-state index < -0.39 is 0 Å². The third-order valence-electron chi connectivity index (χ3n) is 4.03. The molecule has 0 bridgehead atoms. The number of carbonyl (C=O) groups is 2. The van der Waals surface area contributed by atoms with Gasteiger partial charge in [-0.2, -0.15) is 0 Å². The summed E-state index contributed by atoms with van der Waals surface area (Å²) in [4.78, 5) is 34.6. The number of aryl methyl sites for hydroxylation is 1. The molecule has 2 rings (SSSR count). The van der Waals surface area contributed by atoms with E-state index in [4.69, 9.17) is 4.74 Å². The predicted octanol–water partition coefficient (Wildman–Crippen LogP) is 2.11. The summed E-state index contributed by atoms with van der Waals surface area (Å²) in [6, 6.07) is 5.90. The largest absolute Gasteiger partial charge is 0.385 e. The lowest BCUT2D eigenvalue weighted by molar-refractivity contribution is -0.121. The molecular formula is C20H25FN4O3. The molecule has 1 heterocycles. The molecule has 0 radical (unpaired) electrons. The van der Waals surface area contributed by atoms with Crippen LogP contribution in [0.15, 0.2) is 36.7 Å². The Balaban J connectivity index is 2.02. The van der Waals surface area contributed by atoms with Crippen molar-refractivity contribution in [1.82, 2.24) is 20.2 Å². The number of halogens is 1. The van der Waals surface area contributed by atoms with E-state index in [2.05, 4.69) is 15.3 Å². The average molecular weight is 388 g/mol. The number of hydrogen-bond acceptors (Lipinski definition) is 5. The first-order chi connectivity index (χ1) is 13.5. The molecule has 2 amide bonds. The van der Waals surface area contributed by atoms with Crippen molar-refractivity contribution in [3.8, 4) is 0 Å². The molecule has 0 fully saturated rings. The normalized spacial score (nSPS) is 10.5. The summed E-state index contributed by atoms with van der Waals surface area (Å²) < 4.78 is 18.1. The van der Waals surface area contributed by atoms with E-state index in [1.165, 1.54) is 29.4 Å². The van der Waals surface area contributed by atoms with Crippen molar-refractivity contribution in [2.75, 3.05) is 26.8 Å². The zero-order valence-electron chi connectivity index (χ0n) is 16.2. The number of benzene rings is 1. The molecule has 0 atom stereocenters. The van der Waals surface area contributed by atoms with E-state index in [-0.39, 0.29) is 42.8 Å². The van der Waals surface area contributed by atoms with Crippen LogP contribution in [0.4, 0.5) is 4.39 Å². The first-order valence-electron chi connectivity index (χ1n) is 9.07. The van der Waals surface area contributed by atoms with Gasteiger partial charge in [-0.25, -0.2) is 9.37 Å². The second-order valence-electron chi connectivity index (χ2n) is 6.34. The smallest absolute Gasteiger partial charge is 0.274 e. The average Bonchev–Trinajstić information content (AvgIpc) is 2.70. The fourth-order valence-corrected chi connectivity index (χ4v) is 2.50. The van der Waals surface area contributed by atoms with E-state index in [1.807, 2.05) is 0 Å². The van der Waals surface area contributed by atoms with Crippen molar-refractivity contribution in [3.63, 3.8) is 0 Å². The summed E-state index contributed by atoms with van der Waals surface area (Å²) in [5.74, 6) is -0.825. The van der Waals surface area contributed by atoms with Crippen LogP contribution < -0.4 is 5.32 Å². The predicted molar refractivity (Wildman–Crippen MR) is 102 cm³/mol. The van der Waals surface area contributed by atoms with Crippen molar-refractivity contribution < 1.29 is 18.7 Å². The summed E-state index contributed by atoms with van der Waals surface area (Å²) in [5.41, 5.74) is 1.67. The summed E-state index contributed by atoms with van der Waals surface area (Å²) in [6.45, 7) is 3.32. The molecule has 0 aliphatic heterocycles. The van der Waals surface area contributed by atoms with Crippen LogP contribution in [0.5, 0.6) is 0 Å². The minimum atomic E-state index is -0.346. The van der Waals surface area contributed by atoms with Gasteiger partial charge < -0.3 is 15.0 Å². The van der Waals surface area contributed by atoms with Gasteiger partial charge in [0, 0.05) is 46.0 Å². The quantitative estimate of drug-likeness (QED) is 0.630. The van der Waals surface area contributed by atoms with Gasteiger partial charge in [0.05, 0.1) is 11.9 Å². The van der Waals surface area contributed by atoms with Crippen LogP contribution in [-0.4, -0.2) is 53.5 Å². The lowest BCUT2D eigenvalue weighted by Crippen LogP contribution is -2.35. The van der Waals surface area contributed by atoms with E-state index in [0.29, 0.717) is 18.8 Å². The Hall–Kier alpha value is -2.87. The van der Waals surface area contributed by atoms with Crippen LogP contribution in [-0.2, 0) is 16.1 Å². The molecule has 0 aliphatic rings. The topological polar surface area (TPSA) is 84.4 Å². The molecule has 8 heteroatoms. The van der Waals surface area contributed by atoms with Crippen LogP contribution in [0.25, 0.3) is 0 Å². The standard InChI is InChI=1S/C20H25FN4O3/c1-15-12-24-18(13-23-15)20(27)25(14-16-4-6-17(21)7-5-16)10-8-19(26)22-9-3-11-28-2/h4-7,12-13H,3,8-11,14H2,1-2H3,(H,22,26). The second-order valence-corrected chi connectivity index (χ2v) is 6.34. The Morgan fingerprint density at radius 3 is 2.57 bits per heavy atom. The Bertz CT molecular complexity index is 766. The SMILES string of the molecule is COCCCNC(=O)CCN(Cc1ccc(F)cc1)C(=O)c1cnc(C)cn1. The number of aromatic nitrogens is 2. The molecule has 7 nitrogen and oxygen atoms in total. The summed E-state index contributed by atoms with van der Waals surface area (Å²) in [5, 5.41) is 2.80. The van der Waals surface area contributed by atoms with Gasteiger partial charge in [0.25, 0.3) is 5.91 Å². The van der Waals surface area contributed by atoms with Crippen molar-refractivity contribution in [2.45, 2.75) is 26.3 Å². The van der Waals surface area contributed by atoms with E-state index in [1.54, 1.807) is 26.2 Å². The van der Waals surface area contributed by atoms with Crippen LogP contribution >= 0.6 is 0 Å². The zero-order valence-corrected chi connectivity index (χ0v) is 16.2. The Kier molecular flexibility index (Phi) is 8.48. The molecule has 0 unspecified atom stereocenters. The van der Waals surface area contributed by atoms with Gasteiger partial charge in [-0.3, -0.25) is 14.6 Å². The monoisotopic (exact) mass is 388 g/mol. The van der Waals surface area contributed by atoms with Gasteiger partial charge >= 0.3 is 0 Å². The zero-order chi connectivity index (χ0) is 20.4. The number of nitrogens with one attached hydrogen (secondary N) is 1. The van der Waals surface area contributed by atoms with Gasteiger partial charge in [-0.05, 0) is 31.0 Å². The molecule has 28 heavy (non-hydrogen) atoms. The Morgan fingerprint density at radius 1 is 1.18 bits per heavy atom. The lowest BCUT2D eigenvalue weighted by atomic mass is 10.2. The third kappa shape index (κ3) is 7.03. The lowest BCUT2D eigenvalue weighted by Gasteiger charge is -2.22. The third-order valence-corrected chi connectivity index (χ3v) is 4.03. The number of rotatable bonds is 10. The van der Waals surface area contributed by atoms with Crippen molar-refractivity contribution >= 4 is 11.8 Å². The molecular weight excluding hydrogens is 363 g/mol. The molecule has 0 aliphatic carbocycles. The second kappa shape index (κ2) is 11.1. The highest BCUT2D eigenvalue weighted by molar-refractivity contribution is 5.92. The van der Waals surface area contributed by atoms with Crippen molar-refractivity contribution in [2.24, 2.45) is 0 Å². The highest BCUT2D eigenvalue weighted by Crippen LogP contribution is 2.10. The van der Waals surface area contributed by atoms with Gasteiger partial charge in [0.2, 0.25) is 5.91 Å².